The number of hydrogen-bond donors (Lipinski definition) is 0. The van der Waals surface area contributed by atoms with Gasteiger partial charge in [-0.3, -0.25) is 4.90 Å². The van der Waals surface area contributed by atoms with Crippen molar-refractivity contribution in [2.45, 2.75) is 26.5 Å². The zero-order chi connectivity index (χ0) is 16.2. The van der Waals surface area contributed by atoms with Crippen molar-refractivity contribution in [1.82, 2.24) is 15.0 Å². The van der Waals surface area contributed by atoms with E-state index in [0.717, 1.165) is 31.9 Å². The molecule has 1 fully saturated rings. The maximum atomic E-state index is 6.25. The largest absolute Gasteiger partial charge is 0.489 e. The van der Waals surface area contributed by atoms with E-state index in [-0.39, 0.29) is 6.10 Å². The summed E-state index contributed by atoms with van der Waals surface area (Å²) in [5.41, 5.74) is 0.808. The van der Waals surface area contributed by atoms with Gasteiger partial charge in [0.25, 0.3) is 0 Å². The van der Waals surface area contributed by atoms with Crippen LogP contribution in [0.2, 0.25) is 5.02 Å². The van der Waals surface area contributed by atoms with Crippen LogP contribution in [0, 0.1) is 0 Å². The molecule has 1 aliphatic rings. The van der Waals surface area contributed by atoms with Gasteiger partial charge in [0, 0.05) is 18.7 Å². The van der Waals surface area contributed by atoms with Gasteiger partial charge in [0.15, 0.2) is 0 Å². The van der Waals surface area contributed by atoms with E-state index in [9.17, 15) is 0 Å². The summed E-state index contributed by atoms with van der Waals surface area (Å²) in [5, 5.41) is 4.58. The van der Waals surface area contributed by atoms with Crippen LogP contribution in [0.1, 0.15) is 19.7 Å². The molecule has 0 N–H and O–H groups in total. The maximum Gasteiger partial charge on any atom is 0.241 e. The molecule has 0 bridgehead atoms. The molecule has 0 unspecified atom stereocenters. The third-order valence-corrected chi connectivity index (χ3v) is 3.78. The minimum absolute atomic E-state index is 0.0728. The number of rotatable bonds is 5. The first-order chi connectivity index (χ1) is 11.1. The predicted octanol–water partition coefficient (Wildman–Crippen LogP) is 3.01. The van der Waals surface area contributed by atoms with E-state index < -0.39 is 0 Å². The van der Waals surface area contributed by atoms with Crippen LogP contribution in [-0.4, -0.2) is 47.4 Å². The molecule has 3 rings (SSSR count). The Morgan fingerprint density at radius 1 is 1.30 bits per heavy atom. The number of morpholine rings is 1. The summed E-state index contributed by atoms with van der Waals surface area (Å²) in [5.74, 6) is 1.79. The Morgan fingerprint density at radius 3 is 2.78 bits per heavy atom. The van der Waals surface area contributed by atoms with Crippen LogP contribution in [0.5, 0.6) is 5.75 Å². The van der Waals surface area contributed by atoms with Crippen molar-refractivity contribution in [2.75, 3.05) is 26.3 Å². The lowest BCUT2D eigenvalue weighted by Crippen LogP contribution is -2.35. The Balaban J connectivity index is 1.70. The number of halogens is 1. The van der Waals surface area contributed by atoms with Gasteiger partial charge in [-0.05, 0) is 32.0 Å². The van der Waals surface area contributed by atoms with Gasteiger partial charge < -0.3 is 14.0 Å². The van der Waals surface area contributed by atoms with Gasteiger partial charge in [-0.2, -0.15) is 4.98 Å². The highest BCUT2D eigenvalue weighted by molar-refractivity contribution is 6.32. The molecule has 124 valence electrons. The van der Waals surface area contributed by atoms with Crippen LogP contribution >= 0.6 is 11.6 Å². The lowest BCUT2D eigenvalue weighted by Gasteiger charge is -2.24. The Hall–Kier alpha value is -1.63. The minimum atomic E-state index is 0.0728. The Kier molecular flexibility index (Phi) is 5.15. The van der Waals surface area contributed by atoms with Gasteiger partial charge in [0.1, 0.15) is 5.75 Å². The molecule has 23 heavy (non-hydrogen) atoms. The monoisotopic (exact) mass is 337 g/mol. The fraction of sp³-hybridized carbons (Fsp3) is 0.500. The fourth-order valence-corrected chi connectivity index (χ4v) is 2.60. The summed E-state index contributed by atoms with van der Waals surface area (Å²) in [6, 6.07) is 5.51. The molecule has 0 amide bonds. The quantitative estimate of drug-likeness (QED) is 0.835. The second-order valence-corrected chi connectivity index (χ2v) is 6.12. The molecule has 0 saturated carbocycles. The fourth-order valence-electron chi connectivity index (χ4n) is 2.38. The summed E-state index contributed by atoms with van der Waals surface area (Å²) < 4.78 is 16.3. The Morgan fingerprint density at radius 2 is 2.09 bits per heavy atom. The molecular weight excluding hydrogens is 318 g/mol. The zero-order valence-electron chi connectivity index (χ0n) is 13.3. The zero-order valence-corrected chi connectivity index (χ0v) is 14.0. The Bertz CT molecular complexity index is 654. The predicted molar refractivity (Wildman–Crippen MR) is 86.6 cm³/mol. The molecule has 0 atom stereocenters. The molecule has 0 aliphatic carbocycles. The van der Waals surface area contributed by atoms with E-state index in [0.29, 0.717) is 29.0 Å². The summed E-state index contributed by atoms with van der Waals surface area (Å²) in [6.07, 6.45) is 0.0728. The van der Waals surface area contributed by atoms with Crippen molar-refractivity contribution in [3.63, 3.8) is 0 Å². The van der Waals surface area contributed by atoms with Crippen LogP contribution in [0.4, 0.5) is 0 Å². The van der Waals surface area contributed by atoms with Gasteiger partial charge in [-0.25, -0.2) is 0 Å². The number of ether oxygens (including phenoxy) is 2. The molecular formula is C16H20ClN3O3. The summed E-state index contributed by atoms with van der Waals surface area (Å²) >= 11 is 6.25. The summed E-state index contributed by atoms with van der Waals surface area (Å²) in [7, 11) is 0. The maximum absolute atomic E-state index is 6.25. The number of aromatic nitrogens is 2. The van der Waals surface area contributed by atoms with E-state index in [4.69, 9.17) is 25.6 Å². The topological polar surface area (TPSA) is 60.6 Å². The van der Waals surface area contributed by atoms with Crippen molar-refractivity contribution in [3.8, 4) is 17.1 Å². The van der Waals surface area contributed by atoms with Crippen LogP contribution in [0.25, 0.3) is 11.4 Å². The first kappa shape index (κ1) is 16.2. The normalized spacial score (nSPS) is 16.0. The Labute approximate surface area is 140 Å². The molecule has 1 aromatic heterocycles. The van der Waals surface area contributed by atoms with E-state index in [2.05, 4.69) is 15.0 Å². The van der Waals surface area contributed by atoms with Crippen molar-refractivity contribution in [3.05, 3.63) is 29.1 Å². The van der Waals surface area contributed by atoms with Crippen molar-refractivity contribution in [1.29, 1.82) is 0 Å². The molecule has 1 aliphatic heterocycles. The molecule has 2 heterocycles. The summed E-state index contributed by atoms with van der Waals surface area (Å²) in [4.78, 5) is 6.68. The first-order valence-electron chi connectivity index (χ1n) is 7.71. The second-order valence-electron chi connectivity index (χ2n) is 5.71. The van der Waals surface area contributed by atoms with E-state index in [1.165, 1.54) is 0 Å². The van der Waals surface area contributed by atoms with Crippen molar-refractivity contribution in [2.24, 2.45) is 0 Å². The molecule has 6 nitrogen and oxygen atoms in total. The van der Waals surface area contributed by atoms with Crippen LogP contribution in [0.15, 0.2) is 22.7 Å². The van der Waals surface area contributed by atoms with Crippen molar-refractivity contribution < 1.29 is 14.0 Å². The molecule has 0 radical (unpaired) electrons. The third kappa shape index (κ3) is 4.22. The molecule has 2 aromatic rings. The van der Waals surface area contributed by atoms with E-state index in [1.807, 2.05) is 26.0 Å². The third-order valence-electron chi connectivity index (χ3n) is 3.48. The highest BCUT2D eigenvalue weighted by atomic mass is 35.5. The molecule has 1 saturated heterocycles. The van der Waals surface area contributed by atoms with Gasteiger partial charge in [-0.1, -0.05) is 16.8 Å². The number of hydrogen-bond acceptors (Lipinski definition) is 6. The van der Waals surface area contributed by atoms with Crippen LogP contribution in [0.3, 0.4) is 0 Å². The average Bonchev–Trinajstić information content (AvgIpc) is 2.98. The van der Waals surface area contributed by atoms with E-state index in [1.54, 1.807) is 6.07 Å². The average molecular weight is 338 g/mol. The molecule has 0 spiro atoms. The first-order valence-corrected chi connectivity index (χ1v) is 8.09. The summed E-state index contributed by atoms with van der Waals surface area (Å²) in [6.45, 7) is 7.80. The lowest BCUT2D eigenvalue weighted by atomic mass is 10.2. The molecule has 1 aromatic carbocycles. The highest BCUT2D eigenvalue weighted by Crippen LogP contribution is 2.30. The lowest BCUT2D eigenvalue weighted by molar-refractivity contribution is 0.0297. The highest BCUT2D eigenvalue weighted by Gasteiger charge is 2.16. The smallest absolute Gasteiger partial charge is 0.241 e. The van der Waals surface area contributed by atoms with Gasteiger partial charge >= 0.3 is 0 Å². The second kappa shape index (κ2) is 7.29. The van der Waals surface area contributed by atoms with Crippen molar-refractivity contribution >= 4 is 11.6 Å². The SMILES string of the molecule is CC(C)Oc1ccc(-c2noc(CN3CCOCC3)n2)cc1Cl. The van der Waals surface area contributed by atoms with E-state index >= 15 is 0 Å². The van der Waals surface area contributed by atoms with Gasteiger partial charge in [0.2, 0.25) is 11.7 Å². The number of benzene rings is 1. The molecule has 7 heteroatoms. The standard InChI is InChI=1S/C16H20ClN3O3/c1-11(2)22-14-4-3-12(9-13(14)17)16-18-15(23-19-16)10-20-5-7-21-8-6-20/h3-4,9,11H,5-8,10H2,1-2H3. The minimum Gasteiger partial charge on any atom is -0.489 e. The van der Waals surface area contributed by atoms with Crippen LogP contribution in [-0.2, 0) is 11.3 Å². The van der Waals surface area contributed by atoms with Crippen LogP contribution < -0.4 is 4.74 Å². The van der Waals surface area contributed by atoms with Gasteiger partial charge in [0.05, 0.1) is 30.9 Å². The van der Waals surface area contributed by atoms with Gasteiger partial charge in [-0.15, -0.1) is 0 Å². The number of nitrogens with zero attached hydrogens (tertiary/aromatic N) is 3.